The van der Waals surface area contributed by atoms with Crippen LogP contribution < -0.4 is 5.32 Å². The molecule has 3 nitrogen and oxygen atoms in total. The average molecular weight is 281 g/mol. The van der Waals surface area contributed by atoms with Crippen LogP contribution >= 0.6 is 11.6 Å². The minimum atomic E-state index is 0.189. The first-order valence-corrected chi connectivity index (χ1v) is 7.25. The number of carbonyl (C=O) groups excluding carboxylic acids is 1. The van der Waals surface area contributed by atoms with Gasteiger partial charge in [-0.3, -0.25) is 4.79 Å². The van der Waals surface area contributed by atoms with Crippen molar-refractivity contribution in [3.05, 3.63) is 34.9 Å². The van der Waals surface area contributed by atoms with E-state index in [1.165, 1.54) is 0 Å². The molecule has 1 saturated heterocycles. The van der Waals surface area contributed by atoms with Crippen LogP contribution in [0.2, 0.25) is 5.02 Å². The summed E-state index contributed by atoms with van der Waals surface area (Å²) in [6.45, 7) is 2.07. The first-order valence-electron chi connectivity index (χ1n) is 6.87. The van der Waals surface area contributed by atoms with E-state index in [0.29, 0.717) is 17.5 Å². The van der Waals surface area contributed by atoms with Gasteiger partial charge >= 0.3 is 0 Å². The van der Waals surface area contributed by atoms with Gasteiger partial charge in [-0.15, -0.1) is 0 Å². The smallest absolute Gasteiger partial charge is 0.226 e. The molecule has 0 saturated carbocycles. The van der Waals surface area contributed by atoms with Gasteiger partial charge in [0.05, 0.1) is 6.42 Å². The molecule has 1 fully saturated rings. The topological polar surface area (TPSA) is 32.3 Å². The number of hydrogen-bond donors (Lipinski definition) is 1. The van der Waals surface area contributed by atoms with E-state index in [0.717, 1.165) is 37.9 Å². The summed E-state index contributed by atoms with van der Waals surface area (Å²) in [5.41, 5.74) is 1.02. The van der Waals surface area contributed by atoms with E-state index in [2.05, 4.69) is 5.32 Å². The van der Waals surface area contributed by atoms with Crippen molar-refractivity contribution in [2.24, 2.45) is 0 Å². The summed E-state index contributed by atoms with van der Waals surface area (Å²) in [6.07, 6.45) is 3.74. The normalized spacial score (nSPS) is 19.8. The van der Waals surface area contributed by atoms with Gasteiger partial charge in [0.15, 0.2) is 0 Å². The lowest BCUT2D eigenvalue weighted by Crippen LogP contribution is -2.38. The molecule has 0 aliphatic carbocycles. The number of likely N-dealkylation sites (N-methyl/N-ethyl adjacent to an activating group) is 1. The van der Waals surface area contributed by atoms with Crippen molar-refractivity contribution in [2.45, 2.75) is 31.7 Å². The molecule has 1 unspecified atom stereocenters. The van der Waals surface area contributed by atoms with E-state index >= 15 is 0 Å². The lowest BCUT2D eigenvalue weighted by molar-refractivity contribution is -0.131. The molecular weight excluding hydrogens is 260 g/mol. The molecule has 0 radical (unpaired) electrons. The van der Waals surface area contributed by atoms with E-state index < -0.39 is 0 Å². The molecule has 1 heterocycles. The van der Waals surface area contributed by atoms with E-state index in [9.17, 15) is 4.79 Å². The third kappa shape index (κ3) is 4.22. The number of rotatable bonds is 3. The van der Waals surface area contributed by atoms with Gasteiger partial charge in [0.1, 0.15) is 0 Å². The summed E-state index contributed by atoms with van der Waals surface area (Å²) >= 11 is 5.85. The summed E-state index contributed by atoms with van der Waals surface area (Å²) < 4.78 is 0. The second-order valence-corrected chi connectivity index (χ2v) is 5.58. The van der Waals surface area contributed by atoms with Crippen molar-refractivity contribution in [2.75, 3.05) is 20.1 Å². The van der Waals surface area contributed by atoms with E-state index in [-0.39, 0.29) is 5.91 Å². The summed E-state index contributed by atoms with van der Waals surface area (Å²) in [5.74, 6) is 0.189. The predicted octanol–water partition coefficient (Wildman–Crippen LogP) is 2.48. The second-order valence-electron chi connectivity index (χ2n) is 5.14. The molecule has 1 aromatic rings. The fraction of sp³-hybridized carbons (Fsp3) is 0.533. The first kappa shape index (κ1) is 14.4. The lowest BCUT2D eigenvalue weighted by Gasteiger charge is -2.27. The summed E-state index contributed by atoms with van der Waals surface area (Å²) in [6, 6.07) is 7.88. The maximum Gasteiger partial charge on any atom is 0.226 e. The maximum absolute atomic E-state index is 12.3. The fourth-order valence-electron chi connectivity index (χ4n) is 2.49. The summed E-state index contributed by atoms with van der Waals surface area (Å²) in [5, 5.41) is 4.08. The number of nitrogens with one attached hydrogen (secondary N) is 1. The molecule has 1 aliphatic heterocycles. The number of nitrogens with zero attached hydrogens (tertiary/aromatic N) is 1. The highest BCUT2D eigenvalue weighted by Gasteiger charge is 2.20. The number of amides is 1. The summed E-state index contributed by atoms with van der Waals surface area (Å²) in [7, 11) is 1.92. The van der Waals surface area contributed by atoms with Gasteiger partial charge in [-0.25, -0.2) is 0 Å². The number of carbonyl (C=O) groups is 1. The van der Waals surface area contributed by atoms with Crippen LogP contribution in [0.4, 0.5) is 0 Å². The monoisotopic (exact) mass is 280 g/mol. The quantitative estimate of drug-likeness (QED) is 0.923. The molecule has 1 aliphatic rings. The van der Waals surface area contributed by atoms with Crippen molar-refractivity contribution in [1.82, 2.24) is 10.2 Å². The van der Waals surface area contributed by atoms with Gasteiger partial charge in [0.25, 0.3) is 0 Å². The third-order valence-electron chi connectivity index (χ3n) is 3.75. The molecule has 1 aromatic carbocycles. The lowest BCUT2D eigenvalue weighted by atomic mass is 10.1. The van der Waals surface area contributed by atoms with Gasteiger partial charge in [0, 0.05) is 18.1 Å². The van der Waals surface area contributed by atoms with E-state index in [1.807, 2.05) is 36.2 Å². The maximum atomic E-state index is 12.3. The molecule has 0 aromatic heterocycles. The Morgan fingerprint density at radius 2 is 2.05 bits per heavy atom. The SMILES string of the molecule is CN(C(=O)Cc1ccc(Cl)cc1)C1CCCNCC1. The zero-order chi connectivity index (χ0) is 13.7. The van der Waals surface area contributed by atoms with Crippen LogP contribution in [0, 0.1) is 0 Å². The van der Waals surface area contributed by atoms with E-state index in [4.69, 9.17) is 11.6 Å². The van der Waals surface area contributed by atoms with Gasteiger partial charge in [0.2, 0.25) is 5.91 Å². The van der Waals surface area contributed by atoms with Crippen LogP contribution in [0.15, 0.2) is 24.3 Å². The Bertz CT molecular complexity index is 411. The number of halogens is 1. The largest absolute Gasteiger partial charge is 0.342 e. The summed E-state index contributed by atoms with van der Waals surface area (Å²) in [4.78, 5) is 14.2. The molecule has 0 bridgehead atoms. The standard InChI is InChI=1S/C15H21ClN2O/c1-18(14-3-2-9-17-10-8-14)15(19)11-12-4-6-13(16)7-5-12/h4-7,14,17H,2-3,8-11H2,1H3. The first-order chi connectivity index (χ1) is 9.16. The Hall–Kier alpha value is -1.06. The van der Waals surface area contributed by atoms with Crippen molar-refractivity contribution in [3.63, 3.8) is 0 Å². The molecule has 19 heavy (non-hydrogen) atoms. The minimum Gasteiger partial charge on any atom is -0.342 e. The molecule has 104 valence electrons. The van der Waals surface area contributed by atoms with Crippen LogP contribution in [0.1, 0.15) is 24.8 Å². The van der Waals surface area contributed by atoms with Crippen LogP contribution in [-0.2, 0) is 11.2 Å². The number of hydrogen-bond acceptors (Lipinski definition) is 2. The highest BCUT2D eigenvalue weighted by Crippen LogP contribution is 2.15. The van der Waals surface area contributed by atoms with Gasteiger partial charge in [-0.05, 0) is 50.0 Å². The Kier molecular flexibility index (Phi) is 5.23. The highest BCUT2D eigenvalue weighted by atomic mass is 35.5. The van der Waals surface area contributed by atoms with Crippen molar-refractivity contribution in [1.29, 1.82) is 0 Å². The predicted molar refractivity (Wildman–Crippen MR) is 78.4 cm³/mol. The number of benzene rings is 1. The zero-order valence-electron chi connectivity index (χ0n) is 11.4. The Balaban J connectivity index is 1.92. The molecule has 1 atom stereocenters. The second kappa shape index (κ2) is 6.92. The molecule has 1 amide bonds. The van der Waals surface area contributed by atoms with Crippen LogP contribution in [-0.4, -0.2) is 37.0 Å². The zero-order valence-corrected chi connectivity index (χ0v) is 12.1. The molecule has 0 spiro atoms. The van der Waals surface area contributed by atoms with Crippen LogP contribution in [0.5, 0.6) is 0 Å². The van der Waals surface area contributed by atoms with Crippen molar-refractivity contribution in [3.8, 4) is 0 Å². The fourth-order valence-corrected chi connectivity index (χ4v) is 2.62. The van der Waals surface area contributed by atoms with Gasteiger partial charge in [-0.1, -0.05) is 23.7 Å². The van der Waals surface area contributed by atoms with Crippen LogP contribution in [0.3, 0.4) is 0 Å². The Morgan fingerprint density at radius 1 is 1.32 bits per heavy atom. The van der Waals surface area contributed by atoms with Gasteiger partial charge < -0.3 is 10.2 Å². The van der Waals surface area contributed by atoms with Crippen molar-refractivity contribution < 1.29 is 4.79 Å². The molecule has 2 rings (SSSR count). The minimum absolute atomic E-state index is 0.189. The molecule has 4 heteroatoms. The van der Waals surface area contributed by atoms with Crippen LogP contribution in [0.25, 0.3) is 0 Å². The molecule has 1 N–H and O–H groups in total. The highest BCUT2D eigenvalue weighted by molar-refractivity contribution is 6.30. The van der Waals surface area contributed by atoms with Gasteiger partial charge in [-0.2, -0.15) is 0 Å². The Morgan fingerprint density at radius 3 is 2.79 bits per heavy atom. The Labute approximate surface area is 119 Å². The van der Waals surface area contributed by atoms with E-state index in [1.54, 1.807) is 0 Å². The third-order valence-corrected chi connectivity index (χ3v) is 4.01. The van der Waals surface area contributed by atoms with Crippen molar-refractivity contribution >= 4 is 17.5 Å². The molecular formula is C15H21ClN2O. The average Bonchev–Trinajstić information content (AvgIpc) is 2.69.